The van der Waals surface area contributed by atoms with Crippen molar-refractivity contribution in [2.24, 2.45) is 34.2 Å². The minimum atomic E-state index is -1.08. The number of nitrogens with one attached hydrogen (secondary N) is 2. The molecule has 16 heteroatoms. The molecule has 0 spiro atoms. The molecule has 1 aliphatic heterocycles. The van der Waals surface area contributed by atoms with Crippen LogP contribution in [0, 0.1) is 46.1 Å². The normalized spacial score (nSPS) is 25.0. The van der Waals surface area contributed by atoms with E-state index in [1.54, 1.807) is 19.0 Å². The Morgan fingerprint density at radius 1 is 1.14 bits per heavy atom. The van der Waals surface area contributed by atoms with E-state index in [2.05, 4.69) is 41.4 Å². The lowest BCUT2D eigenvalue weighted by molar-refractivity contribution is -0.384. The van der Waals surface area contributed by atoms with E-state index < -0.39 is 35.2 Å². The second kappa shape index (κ2) is 17.0. The molecule has 3 saturated carbocycles. The van der Waals surface area contributed by atoms with E-state index in [1.165, 1.54) is 24.3 Å². The predicted molar refractivity (Wildman–Crippen MR) is 217 cm³/mol. The van der Waals surface area contributed by atoms with E-state index >= 15 is 0 Å². The zero-order valence-corrected chi connectivity index (χ0v) is 34.2. The number of hydroxylamine groups is 2. The molecule has 0 radical (unpaired) electrons. The van der Waals surface area contributed by atoms with Crippen molar-refractivity contribution in [3.8, 4) is 16.9 Å². The summed E-state index contributed by atoms with van der Waals surface area (Å²) in [6.45, 7) is 10.4. The van der Waals surface area contributed by atoms with Gasteiger partial charge in [0, 0.05) is 55.5 Å². The Balaban J connectivity index is 1.33. The maximum atomic E-state index is 14.7. The fourth-order valence-electron chi connectivity index (χ4n) is 9.21. The summed E-state index contributed by atoms with van der Waals surface area (Å²) in [5, 5.41) is 22.6. The summed E-state index contributed by atoms with van der Waals surface area (Å²) in [4.78, 5) is 62.6. The van der Waals surface area contributed by atoms with Crippen molar-refractivity contribution < 1.29 is 33.6 Å². The lowest BCUT2D eigenvalue weighted by atomic mass is 9.45. The largest absolute Gasteiger partial charge is 0.514 e. The Morgan fingerprint density at radius 2 is 1.86 bits per heavy atom. The quantitative estimate of drug-likeness (QED) is 0.0339. The van der Waals surface area contributed by atoms with Crippen molar-refractivity contribution >= 4 is 29.3 Å². The van der Waals surface area contributed by atoms with Gasteiger partial charge in [-0.05, 0) is 108 Å². The summed E-state index contributed by atoms with van der Waals surface area (Å²) in [6.07, 6.45) is -0.944. The molecule has 2 amide bonds. The molecular formula is C42H52N8O8. The summed E-state index contributed by atoms with van der Waals surface area (Å²) < 4.78 is 11.1. The number of nitro groups is 1. The highest BCUT2D eigenvalue weighted by Gasteiger charge is 2.57. The van der Waals surface area contributed by atoms with E-state index in [0.717, 1.165) is 40.8 Å². The van der Waals surface area contributed by atoms with Gasteiger partial charge in [-0.3, -0.25) is 24.5 Å². The Bertz CT molecular complexity index is 2100. The van der Waals surface area contributed by atoms with Crippen LogP contribution in [0.1, 0.15) is 62.0 Å². The summed E-state index contributed by atoms with van der Waals surface area (Å²) in [7, 11) is 5.41. The first-order chi connectivity index (χ1) is 27.5. The van der Waals surface area contributed by atoms with Crippen LogP contribution >= 0.6 is 0 Å². The van der Waals surface area contributed by atoms with E-state index in [1.807, 2.05) is 62.3 Å². The van der Waals surface area contributed by atoms with Crippen molar-refractivity contribution in [1.82, 2.24) is 15.7 Å². The summed E-state index contributed by atoms with van der Waals surface area (Å²) in [5.41, 5.74) is 14.2. The zero-order valence-electron chi connectivity index (χ0n) is 34.2. The number of hydrogen-bond acceptors (Lipinski definition) is 11. The maximum absolute atomic E-state index is 14.7. The number of benzene rings is 3. The Hall–Kier alpha value is -5.70. The van der Waals surface area contributed by atoms with Crippen molar-refractivity contribution in [3.63, 3.8) is 0 Å². The number of amides is 2. The number of rotatable bonds is 13. The number of non-ortho nitro benzene ring substituents is 1. The molecule has 7 rings (SSSR count). The molecule has 16 nitrogen and oxygen atoms in total. The highest BCUT2D eigenvalue weighted by Crippen LogP contribution is 2.61. The van der Waals surface area contributed by atoms with Crippen LogP contribution < -0.4 is 20.3 Å². The number of hydrogen-bond donors (Lipinski definition) is 2. The molecule has 3 aliphatic carbocycles. The Labute approximate surface area is 337 Å². The van der Waals surface area contributed by atoms with Gasteiger partial charge in [0.2, 0.25) is 5.91 Å². The topological polar surface area (TPSA) is 201 Å². The lowest BCUT2D eigenvalue weighted by Gasteiger charge is -2.62. The minimum absolute atomic E-state index is 0.0358. The molecular weight excluding hydrogens is 745 g/mol. The highest BCUT2D eigenvalue weighted by atomic mass is 16.7. The predicted octanol–water partition coefficient (Wildman–Crippen LogP) is 7.20. The second-order valence-corrected chi connectivity index (χ2v) is 16.5. The van der Waals surface area contributed by atoms with E-state index in [0.29, 0.717) is 17.4 Å². The van der Waals surface area contributed by atoms with Crippen LogP contribution in [0.4, 0.5) is 16.2 Å². The van der Waals surface area contributed by atoms with Gasteiger partial charge in [0.05, 0.1) is 30.0 Å². The number of ether oxygens (including phenoxy) is 2. The van der Waals surface area contributed by atoms with Crippen LogP contribution in [-0.4, -0.2) is 79.9 Å². The molecule has 0 aromatic heterocycles. The average Bonchev–Trinajstić information content (AvgIpc) is 3.55. The molecule has 1 saturated heterocycles. The van der Waals surface area contributed by atoms with E-state index in [4.69, 9.17) is 14.3 Å². The molecule has 4 aliphatic rings. The van der Waals surface area contributed by atoms with E-state index in [9.17, 15) is 30.0 Å². The van der Waals surface area contributed by atoms with Crippen molar-refractivity contribution in [2.75, 3.05) is 32.6 Å². The van der Waals surface area contributed by atoms with Crippen molar-refractivity contribution in [3.05, 3.63) is 97.9 Å². The number of nitro benzene ring substituents is 1. The Morgan fingerprint density at radius 3 is 2.48 bits per heavy atom. The van der Waals surface area contributed by atoms with Crippen LogP contribution in [0.5, 0.6) is 5.75 Å². The van der Waals surface area contributed by atoms with Gasteiger partial charge >= 0.3 is 6.16 Å². The monoisotopic (exact) mass is 796 g/mol. The third-order valence-electron chi connectivity index (χ3n) is 12.7. The molecule has 58 heavy (non-hydrogen) atoms. The zero-order chi connectivity index (χ0) is 42.1. The van der Waals surface area contributed by atoms with Crippen molar-refractivity contribution in [2.45, 2.75) is 78.3 Å². The number of carbonyl (C=O) groups is 3. The summed E-state index contributed by atoms with van der Waals surface area (Å²) in [5.74, 6) is -0.0940. The van der Waals surface area contributed by atoms with Gasteiger partial charge in [-0.15, -0.1) is 0 Å². The fraction of sp³-hybridized carbons (Fsp3) is 0.500. The SMILES string of the molecule is CNC(=O)c1cc(-c2cccc(CN3O[C@@H](CN=[N+]=[N-])[C@@H]([C@H](C)OC(=O)Oc4ccc([N+](=O)[O-])cc4)[C@H]3C(=O)N[C@H]3C[C@@H]4C[C@H]([C@@H]3C)C4(C)C)c2C)cc(N(C)C)c1. The molecule has 3 aromatic rings. The number of anilines is 1. The molecule has 2 bridgehead atoms. The first kappa shape index (κ1) is 41.9. The van der Waals surface area contributed by atoms with Gasteiger partial charge in [-0.25, -0.2) is 4.79 Å². The Kier molecular flexibility index (Phi) is 12.3. The van der Waals surface area contributed by atoms with Crippen LogP contribution in [0.2, 0.25) is 0 Å². The van der Waals surface area contributed by atoms with Crippen LogP contribution in [0.3, 0.4) is 0 Å². The first-order valence-corrected chi connectivity index (χ1v) is 19.5. The number of fused-ring (bicyclic) bond motifs is 2. The fourth-order valence-corrected chi connectivity index (χ4v) is 9.21. The van der Waals surface area contributed by atoms with Gasteiger partial charge in [-0.2, -0.15) is 5.06 Å². The van der Waals surface area contributed by atoms with Gasteiger partial charge in [-0.1, -0.05) is 44.1 Å². The van der Waals surface area contributed by atoms with Gasteiger partial charge in [0.25, 0.3) is 11.6 Å². The molecule has 308 valence electrons. The first-order valence-electron chi connectivity index (χ1n) is 19.5. The summed E-state index contributed by atoms with van der Waals surface area (Å²) >= 11 is 0. The molecule has 8 atom stereocenters. The highest BCUT2D eigenvalue weighted by molar-refractivity contribution is 5.96. The molecule has 4 fully saturated rings. The third kappa shape index (κ3) is 8.45. The van der Waals surface area contributed by atoms with Gasteiger partial charge in [0.15, 0.2) is 0 Å². The number of azide groups is 1. The van der Waals surface area contributed by atoms with Crippen LogP contribution in [0.15, 0.2) is 65.8 Å². The van der Waals surface area contributed by atoms with Gasteiger partial charge < -0.3 is 25.0 Å². The van der Waals surface area contributed by atoms with Crippen LogP contribution in [-0.2, 0) is 20.9 Å². The maximum Gasteiger partial charge on any atom is 0.514 e. The number of carbonyl (C=O) groups excluding carboxylic acids is 3. The van der Waals surface area contributed by atoms with E-state index in [-0.39, 0.29) is 53.7 Å². The van der Waals surface area contributed by atoms with Crippen LogP contribution in [0.25, 0.3) is 21.6 Å². The molecule has 1 heterocycles. The molecule has 0 unspecified atom stereocenters. The smallest absolute Gasteiger partial charge is 0.430 e. The van der Waals surface area contributed by atoms with Gasteiger partial charge in [0.1, 0.15) is 17.9 Å². The second-order valence-electron chi connectivity index (χ2n) is 16.5. The number of nitrogens with zero attached hydrogens (tertiary/aromatic N) is 6. The third-order valence-corrected chi connectivity index (χ3v) is 12.7. The summed E-state index contributed by atoms with van der Waals surface area (Å²) in [6, 6.07) is 15.5. The lowest BCUT2D eigenvalue weighted by Crippen LogP contribution is -2.62. The average molecular weight is 797 g/mol. The molecule has 3 aromatic carbocycles. The minimum Gasteiger partial charge on any atom is -0.430 e. The van der Waals surface area contributed by atoms with Crippen molar-refractivity contribution in [1.29, 1.82) is 0 Å². The molecule has 2 N–H and O–H groups in total. The standard InChI is InChI=1S/C42H52N8O8/c1-23-26(10-9-11-33(23)27-16-28(39(51)44-6)18-31(17-27)48(7)8)22-49-38(40(52)46-35-20-29-19-34(24(35)2)42(29,4)5)37(36(58-49)21-45-47-43)25(3)56-41(53)57-32-14-12-30(13-15-32)50(54)55/h9-18,24-25,29,34-38H,19-22H2,1-8H3,(H,44,51)(H,46,52)/t24-,25-,29-,34+,35-,36-,37+,38-/m0/s1.